The fourth-order valence-electron chi connectivity index (χ4n) is 1.94. The SMILES string of the molecule is O=C(O)COc1c(Br)cc(Br)cc1CNc1ccc([N+](=O)[O-])cc1. The van der Waals surface area contributed by atoms with Crippen LogP contribution < -0.4 is 10.1 Å². The van der Waals surface area contributed by atoms with Crippen molar-refractivity contribution < 1.29 is 19.6 Å². The number of carboxylic acid groups (broad SMARTS) is 1. The number of non-ortho nitro benzene ring substituents is 1. The number of nitrogens with one attached hydrogen (secondary N) is 1. The lowest BCUT2D eigenvalue weighted by Gasteiger charge is -2.14. The molecule has 0 saturated heterocycles. The first-order chi connectivity index (χ1) is 11.4. The Balaban J connectivity index is 2.15. The summed E-state index contributed by atoms with van der Waals surface area (Å²) in [6, 6.07) is 9.57. The predicted octanol–water partition coefficient (Wildman–Crippen LogP) is 4.20. The zero-order valence-corrected chi connectivity index (χ0v) is 15.3. The molecule has 2 rings (SSSR count). The van der Waals surface area contributed by atoms with Crippen molar-refractivity contribution in [2.75, 3.05) is 11.9 Å². The number of hydrogen-bond donors (Lipinski definition) is 2. The lowest BCUT2D eigenvalue weighted by atomic mass is 10.2. The van der Waals surface area contributed by atoms with Crippen molar-refractivity contribution in [3.63, 3.8) is 0 Å². The molecule has 0 fully saturated rings. The number of nitrogens with zero attached hydrogens (tertiary/aromatic N) is 1. The van der Waals surface area contributed by atoms with Gasteiger partial charge in [0, 0.05) is 34.4 Å². The fourth-order valence-corrected chi connectivity index (χ4v) is 3.37. The van der Waals surface area contributed by atoms with E-state index in [2.05, 4.69) is 37.2 Å². The van der Waals surface area contributed by atoms with Crippen molar-refractivity contribution in [3.05, 3.63) is 61.0 Å². The molecule has 0 saturated carbocycles. The highest BCUT2D eigenvalue weighted by atomic mass is 79.9. The van der Waals surface area contributed by atoms with E-state index in [1.54, 1.807) is 24.3 Å². The third kappa shape index (κ3) is 4.93. The largest absolute Gasteiger partial charge is 0.480 e. The molecule has 2 aromatic carbocycles. The number of benzene rings is 2. The molecule has 2 aromatic rings. The Labute approximate surface area is 154 Å². The van der Waals surface area contributed by atoms with E-state index in [4.69, 9.17) is 9.84 Å². The summed E-state index contributed by atoms with van der Waals surface area (Å²) in [6.45, 7) is -0.102. The van der Waals surface area contributed by atoms with Crippen molar-refractivity contribution in [1.29, 1.82) is 0 Å². The summed E-state index contributed by atoms with van der Waals surface area (Å²) in [7, 11) is 0. The van der Waals surface area contributed by atoms with E-state index in [1.807, 2.05) is 0 Å². The quantitative estimate of drug-likeness (QED) is 0.475. The second kappa shape index (κ2) is 8.11. The molecule has 0 radical (unpaired) electrons. The first-order valence-electron chi connectivity index (χ1n) is 6.67. The number of nitro benzene ring substituents is 1. The number of anilines is 1. The van der Waals surface area contributed by atoms with Crippen LogP contribution in [0.5, 0.6) is 5.75 Å². The molecule has 0 unspecified atom stereocenters. The summed E-state index contributed by atoms with van der Waals surface area (Å²) in [5, 5.41) is 22.5. The molecule has 7 nitrogen and oxygen atoms in total. The van der Waals surface area contributed by atoms with Crippen LogP contribution in [0.3, 0.4) is 0 Å². The van der Waals surface area contributed by atoms with Gasteiger partial charge in [0.05, 0.1) is 9.40 Å². The summed E-state index contributed by atoms with van der Waals surface area (Å²) in [6.07, 6.45) is 0. The summed E-state index contributed by atoms with van der Waals surface area (Å²) in [5.41, 5.74) is 1.44. The molecule has 126 valence electrons. The smallest absolute Gasteiger partial charge is 0.341 e. The predicted molar refractivity (Wildman–Crippen MR) is 95.4 cm³/mol. The highest BCUT2D eigenvalue weighted by Crippen LogP contribution is 2.33. The molecule has 0 aliphatic carbocycles. The molecule has 0 heterocycles. The van der Waals surface area contributed by atoms with Gasteiger partial charge in [-0.2, -0.15) is 0 Å². The molecule has 24 heavy (non-hydrogen) atoms. The number of rotatable bonds is 7. The average Bonchev–Trinajstić information content (AvgIpc) is 2.51. The number of hydrogen-bond acceptors (Lipinski definition) is 5. The van der Waals surface area contributed by atoms with Crippen molar-refractivity contribution in [2.45, 2.75) is 6.54 Å². The molecule has 9 heteroatoms. The van der Waals surface area contributed by atoms with Gasteiger partial charge in [0.25, 0.3) is 5.69 Å². The summed E-state index contributed by atoms with van der Waals surface area (Å²) in [5.74, 6) is -0.644. The van der Waals surface area contributed by atoms with E-state index in [0.717, 1.165) is 10.0 Å². The first kappa shape index (κ1) is 18.2. The van der Waals surface area contributed by atoms with E-state index >= 15 is 0 Å². The number of halogens is 2. The lowest BCUT2D eigenvalue weighted by molar-refractivity contribution is -0.384. The fraction of sp³-hybridized carbons (Fsp3) is 0.133. The molecule has 0 amide bonds. The second-order valence-corrected chi connectivity index (χ2v) is 6.49. The van der Waals surface area contributed by atoms with Crippen molar-refractivity contribution in [2.24, 2.45) is 0 Å². The van der Waals surface area contributed by atoms with Gasteiger partial charge in [-0.1, -0.05) is 15.9 Å². The summed E-state index contributed by atoms with van der Waals surface area (Å²) >= 11 is 6.72. The molecule has 0 spiro atoms. The Morgan fingerprint density at radius 1 is 1.25 bits per heavy atom. The average molecular weight is 460 g/mol. The van der Waals surface area contributed by atoms with Crippen molar-refractivity contribution in [1.82, 2.24) is 0 Å². The Kier molecular flexibility index (Phi) is 6.16. The van der Waals surface area contributed by atoms with Crippen LogP contribution in [-0.4, -0.2) is 22.6 Å². The van der Waals surface area contributed by atoms with E-state index in [0.29, 0.717) is 22.5 Å². The van der Waals surface area contributed by atoms with Crippen LogP contribution in [0, 0.1) is 10.1 Å². The van der Waals surface area contributed by atoms with Gasteiger partial charge in [-0.3, -0.25) is 10.1 Å². The third-order valence-electron chi connectivity index (χ3n) is 2.99. The van der Waals surface area contributed by atoms with Crippen LogP contribution in [-0.2, 0) is 11.3 Å². The Hall–Kier alpha value is -2.13. The van der Waals surface area contributed by atoms with E-state index in [-0.39, 0.29) is 5.69 Å². The molecule has 2 N–H and O–H groups in total. The maximum atomic E-state index is 10.7. The van der Waals surface area contributed by atoms with Crippen LogP contribution in [0.2, 0.25) is 0 Å². The Morgan fingerprint density at radius 2 is 1.92 bits per heavy atom. The van der Waals surface area contributed by atoms with Gasteiger partial charge in [-0.15, -0.1) is 0 Å². The van der Waals surface area contributed by atoms with Gasteiger partial charge in [0.1, 0.15) is 5.75 Å². The van der Waals surface area contributed by atoms with Crippen LogP contribution >= 0.6 is 31.9 Å². The van der Waals surface area contributed by atoms with Crippen LogP contribution in [0.25, 0.3) is 0 Å². The standard InChI is InChI=1S/C15H12Br2N2O5/c16-10-5-9(15(13(17)6-10)24-8-14(20)21)7-18-11-1-3-12(4-2-11)19(22)23/h1-6,18H,7-8H2,(H,20,21). The second-order valence-electron chi connectivity index (χ2n) is 4.72. The monoisotopic (exact) mass is 458 g/mol. The summed E-state index contributed by atoms with van der Waals surface area (Å²) in [4.78, 5) is 20.9. The molecular weight excluding hydrogens is 448 g/mol. The molecule has 0 atom stereocenters. The Morgan fingerprint density at radius 3 is 2.50 bits per heavy atom. The van der Waals surface area contributed by atoms with Gasteiger partial charge >= 0.3 is 5.97 Å². The first-order valence-corrected chi connectivity index (χ1v) is 8.26. The van der Waals surface area contributed by atoms with Gasteiger partial charge < -0.3 is 15.2 Å². The number of ether oxygens (including phenoxy) is 1. The van der Waals surface area contributed by atoms with Crippen LogP contribution in [0.1, 0.15) is 5.56 Å². The van der Waals surface area contributed by atoms with Crippen molar-refractivity contribution >= 4 is 49.2 Å². The minimum Gasteiger partial charge on any atom is -0.480 e. The van der Waals surface area contributed by atoms with Crippen LogP contribution in [0.4, 0.5) is 11.4 Å². The maximum absolute atomic E-state index is 10.7. The van der Waals surface area contributed by atoms with Crippen LogP contribution in [0.15, 0.2) is 45.3 Å². The van der Waals surface area contributed by atoms with Crippen molar-refractivity contribution in [3.8, 4) is 5.75 Å². The lowest BCUT2D eigenvalue weighted by Crippen LogP contribution is -2.12. The van der Waals surface area contributed by atoms with Gasteiger partial charge in [-0.25, -0.2) is 4.79 Å². The molecule has 0 bridgehead atoms. The Bertz CT molecular complexity index is 765. The zero-order chi connectivity index (χ0) is 17.7. The molecule has 0 aromatic heterocycles. The van der Waals surface area contributed by atoms with E-state index in [9.17, 15) is 14.9 Å². The molecule has 0 aliphatic heterocycles. The minimum atomic E-state index is -1.07. The number of nitro groups is 1. The van der Waals surface area contributed by atoms with Gasteiger partial charge in [0.2, 0.25) is 0 Å². The summed E-state index contributed by atoms with van der Waals surface area (Å²) < 4.78 is 6.75. The van der Waals surface area contributed by atoms with E-state index in [1.165, 1.54) is 12.1 Å². The zero-order valence-electron chi connectivity index (χ0n) is 12.2. The third-order valence-corrected chi connectivity index (χ3v) is 4.03. The van der Waals surface area contributed by atoms with Gasteiger partial charge in [0.15, 0.2) is 6.61 Å². The number of carboxylic acids is 1. The topological polar surface area (TPSA) is 102 Å². The number of carbonyl (C=O) groups is 1. The van der Waals surface area contributed by atoms with Gasteiger partial charge in [-0.05, 0) is 40.2 Å². The minimum absolute atomic E-state index is 0.0104. The molecule has 0 aliphatic rings. The maximum Gasteiger partial charge on any atom is 0.341 e. The van der Waals surface area contributed by atoms with E-state index < -0.39 is 17.5 Å². The highest BCUT2D eigenvalue weighted by molar-refractivity contribution is 9.11. The number of aliphatic carboxylic acids is 1. The highest BCUT2D eigenvalue weighted by Gasteiger charge is 2.12. The molecular formula is C15H12Br2N2O5. The normalized spacial score (nSPS) is 10.2.